The number of nitrogens with two attached hydrogens (primary N) is 2. The van der Waals surface area contributed by atoms with Gasteiger partial charge in [-0.25, -0.2) is 4.79 Å². The predicted molar refractivity (Wildman–Crippen MR) is 77.6 cm³/mol. The van der Waals surface area contributed by atoms with Gasteiger partial charge in [-0.3, -0.25) is 4.79 Å². The van der Waals surface area contributed by atoms with E-state index in [0.29, 0.717) is 18.5 Å². The van der Waals surface area contributed by atoms with Gasteiger partial charge in [-0.15, -0.1) is 0 Å². The van der Waals surface area contributed by atoms with Gasteiger partial charge < -0.3 is 16.2 Å². The van der Waals surface area contributed by atoms with Crippen molar-refractivity contribution in [2.45, 2.75) is 31.7 Å². The van der Waals surface area contributed by atoms with Gasteiger partial charge in [0.15, 0.2) is 5.78 Å². The summed E-state index contributed by atoms with van der Waals surface area (Å²) < 4.78 is 4.67. The summed E-state index contributed by atoms with van der Waals surface area (Å²) in [5, 5.41) is 0. The molecular weight excluding hydrogens is 256 g/mol. The number of methoxy groups -OCH3 is 1. The molecule has 0 aliphatic rings. The van der Waals surface area contributed by atoms with E-state index >= 15 is 0 Å². The zero-order valence-electron chi connectivity index (χ0n) is 11.8. The second-order valence-electron chi connectivity index (χ2n) is 4.65. The van der Waals surface area contributed by atoms with Crippen LogP contribution < -0.4 is 11.5 Å². The van der Waals surface area contributed by atoms with E-state index in [1.807, 2.05) is 0 Å². The van der Waals surface area contributed by atoms with Crippen LogP contribution >= 0.6 is 0 Å². The summed E-state index contributed by atoms with van der Waals surface area (Å²) in [5.74, 6) is -0.747. The second kappa shape index (κ2) is 8.45. The van der Waals surface area contributed by atoms with Crippen LogP contribution in [-0.4, -0.2) is 31.4 Å². The summed E-state index contributed by atoms with van der Waals surface area (Å²) in [7, 11) is 1.29. The summed E-state index contributed by atoms with van der Waals surface area (Å²) in [6, 6.07) is 5.98. The Bertz CT molecular complexity index is 460. The third-order valence-corrected chi connectivity index (χ3v) is 3.15. The molecule has 0 amide bonds. The lowest BCUT2D eigenvalue weighted by Crippen LogP contribution is -2.31. The first-order valence-electron chi connectivity index (χ1n) is 6.79. The summed E-state index contributed by atoms with van der Waals surface area (Å²) in [6.07, 6.45) is 3.33. The number of esters is 1. The Morgan fingerprint density at radius 3 is 2.40 bits per heavy atom. The van der Waals surface area contributed by atoms with Crippen LogP contribution in [0.4, 0.5) is 0 Å². The molecule has 5 heteroatoms. The molecule has 0 aliphatic carbocycles. The molecule has 20 heavy (non-hydrogen) atoms. The Balaban J connectivity index is 2.73. The average Bonchev–Trinajstić information content (AvgIpc) is 2.49. The standard InChI is InChI=1S/C15H22N2O3/c1-20-15(19)12-8-5-4-7-11(12)14(18)13(17)9-3-2-6-10-16/h4-5,7-8,13H,2-3,6,9-10,16-17H2,1H3. The minimum Gasteiger partial charge on any atom is -0.465 e. The Hall–Kier alpha value is -1.72. The number of hydrogen-bond donors (Lipinski definition) is 2. The molecule has 1 aromatic carbocycles. The van der Waals surface area contributed by atoms with Crippen molar-refractivity contribution in [3.05, 3.63) is 35.4 Å². The van der Waals surface area contributed by atoms with Crippen LogP contribution in [0.15, 0.2) is 24.3 Å². The molecule has 0 aliphatic heterocycles. The summed E-state index contributed by atoms with van der Waals surface area (Å²) in [6.45, 7) is 0.647. The van der Waals surface area contributed by atoms with E-state index in [2.05, 4.69) is 4.74 Å². The molecule has 0 saturated carbocycles. The molecule has 0 heterocycles. The fourth-order valence-corrected chi connectivity index (χ4v) is 2.00. The van der Waals surface area contributed by atoms with Gasteiger partial charge in [-0.2, -0.15) is 0 Å². The normalized spacial score (nSPS) is 11.9. The first kappa shape index (κ1) is 16.3. The number of rotatable bonds is 8. The van der Waals surface area contributed by atoms with Crippen LogP contribution in [0.2, 0.25) is 0 Å². The molecule has 0 spiro atoms. The molecule has 5 nitrogen and oxygen atoms in total. The molecule has 0 aromatic heterocycles. The molecule has 1 atom stereocenters. The lowest BCUT2D eigenvalue weighted by Gasteiger charge is -2.12. The van der Waals surface area contributed by atoms with Crippen LogP contribution in [0.1, 0.15) is 46.4 Å². The molecule has 0 radical (unpaired) electrons. The van der Waals surface area contributed by atoms with Crippen LogP contribution in [0, 0.1) is 0 Å². The molecule has 1 aromatic rings. The number of benzene rings is 1. The number of carbonyl (C=O) groups excluding carboxylic acids is 2. The van der Waals surface area contributed by atoms with Crippen molar-refractivity contribution < 1.29 is 14.3 Å². The molecule has 110 valence electrons. The number of ether oxygens (including phenoxy) is 1. The number of hydrogen-bond acceptors (Lipinski definition) is 5. The molecule has 0 fully saturated rings. The topological polar surface area (TPSA) is 95.4 Å². The third kappa shape index (κ3) is 4.43. The lowest BCUT2D eigenvalue weighted by molar-refractivity contribution is 0.0596. The van der Waals surface area contributed by atoms with Crippen molar-refractivity contribution >= 4 is 11.8 Å². The van der Waals surface area contributed by atoms with Crippen molar-refractivity contribution in [2.75, 3.05) is 13.7 Å². The minimum atomic E-state index is -0.599. The average molecular weight is 278 g/mol. The minimum absolute atomic E-state index is 0.223. The highest BCUT2D eigenvalue weighted by atomic mass is 16.5. The van der Waals surface area contributed by atoms with Crippen molar-refractivity contribution in [2.24, 2.45) is 11.5 Å². The quantitative estimate of drug-likeness (QED) is 0.427. The Labute approximate surface area is 119 Å². The van der Waals surface area contributed by atoms with E-state index in [-0.39, 0.29) is 11.3 Å². The highest BCUT2D eigenvalue weighted by Crippen LogP contribution is 2.14. The van der Waals surface area contributed by atoms with Gasteiger partial charge in [0.05, 0.1) is 18.7 Å². The van der Waals surface area contributed by atoms with Crippen molar-refractivity contribution in [3.63, 3.8) is 0 Å². The molecule has 0 saturated heterocycles. The molecule has 1 unspecified atom stereocenters. The first-order chi connectivity index (χ1) is 9.61. The fraction of sp³-hybridized carbons (Fsp3) is 0.467. The SMILES string of the molecule is COC(=O)c1ccccc1C(=O)C(N)CCCCCN. The first-order valence-corrected chi connectivity index (χ1v) is 6.79. The lowest BCUT2D eigenvalue weighted by atomic mass is 9.96. The zero-order valence-corrected chi connectivity index (χ0v) is 11.8. The fourth-order valence-electron chi connectivity index (χ4n) is 2.00. The highest BCUT2D eigenvalue weighted by Gasteiger charge is 2.21. The van der Waals surface area contributed by atoms with E-state index in [1.54, 1.807) is 24.3 Å². The van der Waals surface area contributed by atoms with E-state index < -0.39 is 12.0 Å². The maximum atomic E-state index is 12.3. The van der Waals surface area contributed by atoms with E-state index in [0.717, 1.165) is 19.3 Å². The van der Waals surface area contributed by atoms with Gasteiger partial charge in [-0.05, 0) is 25.5 Å². The summed E-state index contributed by atoms with van der Waals surface area (Å²) in [4.78, 5) is 23.9. The van der Waals surface area contributed by atoms with Crippen molar-refractivity contribution in [1.29, 1.82) is 0 Å². The molecule has 4 N–H and O–H groups in total. The second-order valence-corrected chi connectivity index (χ2v) is 4.65. The number of carbonyl (C=O) groups is 2. The largest absolute Gasteiger partial charge is 0.465 e. The van der Waals surface area contributed by atoms with E-state index in [4.69, 9.17) is 11.5 Å². The molecule has 1 rings (SSSR count). The van der Waals surface area contributed by atoms with Gasteiger partial charge in [0.25, 0.3) is 0 Å². The van der Waals surface area contributed by atoms with Gasteiger partial charge in [0.1, 0.15) is 0 Å². The van der Waals surface area contributed by atoms with Gasteiger partial charge in [0.2, 0.25) is 0 Å². The van der Waals surface area contributed by atoms with E-state index in [9.17, 15) is 9.59 Å². The van der Waals surface area contributed by atoms with E-state index in [1.165, 1.54) is 7.11 Å². The van der Waals surface area contributed by atoms with Crippen molar-refractivity contribution in [3.8, 4) is 0 Å². The summed E-state index contributed by atoms with van der Waals surface area (Å²) >= 11 is 0. The summed E-state index contributed by atoms with van der Waals surface area (Å²) in [5.41, 5.74) is 11.9. The monoisotopic (exact) mass is 278 g/mol. The zero-order chi connectivity index (χ0) is 15.0. The van der Waals surface area contributed by atoms with Crippen LogP contribution in [0.3, 0.4) is 0 Å². The third-order valence-electron chi connectivity index (χ3n) is 3.15. The van der Waals surface area contributed by atoms with Crippen LogP contribution in [0.25, 0.3) is 0 Å². The number of ketones is 1. The van der Waals surface area contributed by atoms with Crippen LogP contribution in [-0.2, 0) is 4.74 Å². The maximum Gasteiger partial charge on any atom is 0.338 e. The van der Waals surface area contributed by atoms with Gasteiger partial charge in [0, 0.05) is 5.56 Å². The molecular formula is C15H22N2O3. The number of Topliss-reactive ketones (excluding diaryl/α,β-unsaturated/α-hetero) is 1. The van der Waals surface area contributed by atoms with Crippen molar-refractivity contribution in [1.82, 2.24) is 0 Å². The van der Waals surface area contributed by atoms with Gasteiger partial charge in [-0.1, -0.05) is 31.0 Å². The Morgan fingerprint density at radius 1 is 1.15 bits per heavy atom. The van der Waals surface area contributed by atoms with Crippen LogP contribution in [0.5, 0.6) is 0 Å². The highest BCUT2D eigenvalue weighted by molar-refractivity contribution is 6.08. The predicted octanol–water partition coefficient (Wildman–Crippen LogP) is 1.50. The molecule has 0 bridgehead atoms. The van der Waals surface area contributed by atoms with Gasteiger partial charge >= 0.3 is 5.97 Å². The smallest absolute Gasteiger partial charge is 0.338 e. The Kier molecular flexibility index (Phi) is 6.90. The Morgan fingerprint density at radius 2 is 1.80 bits per heavy atom. The maximum absolute atomic E-state index is 12.3. The number of unbranched alkanes of at least 4 members (excludes halogenated alkanes) is 2.